The van der Waals surface area contributed by atoms with Crippen LogP contribution in [0.5, 0.6) is 5.75 Å². The summed E-state index contributed by atoms with van der Waals surface area (Å²) in [5.41, 5.74) is 7.38. The first-order valence-electron chi connectivity index (χ1n) is 21.5. The van der Waals surface area contributed by atoms with Gasteiger partial charge in [0.05, 0.1) is 23.3 Å². The van der Waals surface area contributed by atoms with Gasteiger partial charge in [-0.1, -0.05) is 75.4 Å². The Hall–Kier alpha value is -5.20. The van der Waals surface area contributed by atoms with Gasteiger partial charge < -0.3 is 34.4 Å². The molecule has 2 aromatic heterocycles. The lowest BCUT2D eigenvalue weighted by molar-refractivity contribution is 0.0837. The van der Waals surface area contributed by atoms with Gasteiger partial charge in [-0.2, -0.15) is 0 Å². The highest BCUT2D eigenvalue weighted by Gasteiger charge is 2.41. The number of aromatic nitrogens is 2. The Morgan fingerprint density at radius 2 is 1.73 bits per heavy atom. The third-order valence-electron chi connectivity index (χ3n) is 13.4. The highest BCUT2D eigenvalue weighted by Crippen LogP contribution is 2.42. The summed E-state index contributed by atoms with van der Waals surface area (Å²) in [5.74, 6) is 0.425. The molecule has 1 amide bonds. The van der Waals surface area contributed by atoms with Gasteiger partial charge in [-0.15, -0.1) is 0 Å². The molecular formula is C49H59N5O5Si. The lowest BCUT2D eigenvalue weighted by Crippen LogP contribution is -2.59. The fourth-order valence-corrected chi connectivity index (χ4v) is 10.4. The van der Waals surface area contributed by atoms with Gasteiger partial charge in [0, 0.05) is 54.9 Å². The molecule has 3 aliphatic heterocycles. The lowest BCUT2D eigenvalue weighted by atomic mass is 9.82. The maximum atomic E-state index is 13.1. The van der Waals surface area contributed by atoms with Crippen molar-refractivity contribution in [2.75, 3.05) is 31.1 Å². The van der Waals surface area contributed by atoms with E-state index in [9.17, 15) is 19.8 Å². The fraction of sp³-hybridized carbons (Fsp3) is 0.388. The number of benzene rings is 4. The first-order chi connectivity index (χ1) is 28.8. The molecule has 0 saturated carbocycles. The zero-order chi connectivity index (χ0) is 42.2. The normalized spacial score (nSPS) is 18.6. The molecule has 60 heavy (non-hydrogen) atoms. The molecule has 5 heterocycles. The van der Waals surface area contributed by atoms with Crippen molar-refractivity contribution in [1.82, 2.24) is 19.8 Å². The number of amides is 1. The minimum absolute atomic E-state index is 0.00512. The minimum Gasteiger partial charge on any atom is -0.506 e. The highest BCUT2D eigenvalue weighted by atomic mass is 28.4. The summed E-state index contributed by atoms with van der Waals surface area (Å²) in [6, 6.07) is 32.2. The second kappa shape index (κ2) is 17.0. The van der Waals surface area contributed by atoms with E-state index in [-0.39, 0.29) is 28.5 Å². The zero-order valence-electron chi connectivity index (χ0n) is 35.6. The van der Waals surface area contributed by atoms with Crippen LogP contribution < -0.4 is 15.8 Å². The van der Waals surface area contributed by atoms with Gasteiger partial charge in [0.2, 0.25) is 5.56 Å². The van der Waals surface area contributed by atoms with E-state index < -0.39 is 14.4 Å². The van der Waals surface area contributed by atoms with Crippen LogP contribution in [-0.4, -0.2) is 71.3 Å². The molecule has 9 rings (SSSR count). The van der Waals surface area contributed by atoms with E-state index in [0.717, 1.165) is 85.2 Å². The van der Waals surface area contributed by atoms with Crippen LogP contribution in [0.2, 0.25) is 18.1 Å². The van der Waals surface area contributed by atoms with Crippen molar-refractivity contribution in [3.8, 4) is 16.9 Å². The van der Waals surface area contributed by atoms with Gasteiger partial charge in [0.15, 0.2) is 8.32 Å². The summed E-state index contributed by atoms with van der Waals surface area (Å²) in [7, 11) is -2.20. The Kier molecular flexibility index (Phi) is 11.8. The Morgan fingerprint density at radius 3 is 2.45 bits per heavy atom. The van der Waals surface area contributed by atoms with Crippen molar-refractivity contribution in [2.45, 2.75) is 89.8 Å². The smallest absolute Gasteiger partial charge is 0.412 e. The zero-order valence-corrected chi connectivity index (χ0v) is 36.6. The van der Waals surface area contributed by atoms with Crippen LogP contribution in [0.4, 0.5) is 10.5 Å². The van der Waals surface area contributed by atoms with E-state index >= 15 is 0 Å². The van der Waals surface area contributed by atoms with Crippen LogP contribution in [0.25, 0.3) is 32.9 Å². The molecule has 0 aliphatic carbocycles. The van der Waals surface area contributed by atoms with Crippen LogP contribution in [0, 0.1) is 5.92 Å². The van der Waals surface area contributed by atoms with Gasteiger partial charge in [-0.25, -0.2) is 4.79 Å². The van der Waals surface area contributed by atoms with E-state index in [1.807, 2.05) is 24.3 Å². The number of fused-ring (bicyclic) bond motifs is 5. The predicted molar refractivity (Wildman–Crippen MR) is 245 cm³/mol. The number of hydrogen-bond donors (Lipinski definition) is 4. The number of hydrogen-bond acceptors (Lipinski definition) is 6. The third kappa shape index (κ3) is 8.67. The van der Waals surface area contributed by atoms with E-state index in [1.165, 1.54) is 22.5 Å². The number of aromatic hydroxyl groups is 1. The number of carboxylic acid groups (broad SMARTS) is 1. The number of rotatable bonds is 14. The van der Waals surface area contributed by atoms with Gasteiger partial charge in [0.25, 0.3) is 0 Å². The molecule has 314 valence electrons. The number of nitrogens with one attached hydrogen (secondary N) is 2. The lowest BCUT2D eigenvalue weighted by Gasteiger charge is -2.48. The molecule has 0 radical (unpaired) electrons. The van der Waals surface area contributed by atoms with Crippen molar-refractivity contribution in [2.24, 2.45) is 5.92 Å². The minimum atomic E-state index is -2.20. The van der Waals surface area contributed by atoms with Crippen molar-refractivity contribution in [1.29, 1.82) is 0 Å². The number of pyridine rings is 1. The van der Waals surface area contributed by atoms with E-state index in [4.69, 9.17) is 4.43 Å². The quantitative estimate of drug-likeness (QED) is 0.0807. The largest absolute Gasteiger partial charge is 0.506 e. The summed E-state index contributed by atoms with van der Waals surface area (Å²) < 4.78 is 9.32. The van der Waals surface area contributed by atoms with Crippen LogP contribution in [0.1, 0.15) is 62.8 Å². The molecule has 6 aromatic rings. The van der Waals surface area contributed by atoms with Crippen molar-refractivity contribution < 1.29 is 19.4 Å². The second-order valence-corrected chi connectivity index (χ2v) is 23.1. The van der Waals surface area contributed by atoms with Crippen LogP contribution in [0.3, 0.4) is 0 Å². The van der Waals surface area contributed by atoms with Crippen molar-refractivity contribution in [3.05, 3.63) is 130 Å². The Morgan fingerprint density at radius 1 is 0.967 bits per heavy atom. The maximum Gasteiger partial charge on any atom is 0.412 e. The van der Waals surface area contributed by atoms with Gasteiger partial charge in [0.1, 0.15) is 5.75 Å². The molecule has 0 spiro atoms. The molecule has 3 fully saturated rings. The topological polar surface area (TPSA) is 123 Å². The number of phenols is 1. The Bertz CT molecular complexity index is 2540. The molecular weight excluding hydrogens is 767 g/mol. The average molecular weight is 826 g/mol. The average Bonchev–Trinajstić information content (AvgIpc) is 3.63. The first kappa shape index (κ1) is 41.5. The van der Waals surface area contributed by atoms with E-state index in [1.54, 1.807) is 17.0 Å². The summed E-state index contributed by atoms with van der Waals surface area (Å²) in [6.07, 6.45) is 4.85. The first-order valence-corrected chi connectivity index (χ1v) is 24.4. The summed E-state index contributed by atoms with van der Waals surface area (Å²) in [6.45, 7) is 16.1. The SMILES string of the molecule is CC(C)(C)[Si](C)(C)O[C@H](CNCc1ccc2c(ccn2CCCc2ccc(-c3ccccc3)c(N(C(=O)O)[C@H]3CN4CCC3CC4)c2)c1)c1ccc(O)c2[nH]c(=O)ccc12. The number of carbonyl (C=O) groups is 1. The number of anilines is 1. The number of piperidine rings is 3. The molecule has 2 bridgehead atoms. The standard InChI is InChI=1S/C49H59N5O5Si/c1-49(2,3)60(4,5)59-45(39-16-19-44(55)47-40(39)17-20-46(56)51-47)31-50-30-34-14-18-41-37(28-34)23-27-53(41)24-9-10-33-13-15-38(35-11-7-6-8-12-35)42(29-33)54(48(57)58)43-32-52-25-21-36(43)22-26-52/h6-8,11-20,23,27-29,36,43,45,50,55H,9-10,21-22,24-26,30-32H2,1-5H3,(H,51,56)(H,57,58)/t43-,45+/m0/s1. The molecule has 4 N–H and O–H groups in total. The second-order valence-electron chi connectivity index (χ2n) is 18.4. The summed E-state index contributed by atoms with van der Waals surface area (Å²) in [5, 5.41) is 26.9. The molecule has 10 nitrogen and oxygen atoms in total. The monoisotopic (exact) mass is 825 g/mol. The van der Waals surface area contributed by atoms with Crippen molar-refractivity contribution in [3.63, 3.8) is 0 Å². The molecule has 3 saturated heterocycles. The Labute approximate surface area is 353 Å². The molecule has 0 unspecified atom stereocenters. The highest BCUT2D eigenvalue weighted by molar-refractivity contribution is 6.74. The number of nitrogens with zero attached hydrogens (tertiary/aromatic N) is 3. The van der Waals surface area contributed by atoms with E-state index in [2.05, 4.69) is 114 Å². The molecule has 3 aliphatic rings. The van der Waals surface area contributed by atoms with Crippen LogP contribution in [-0.2, 0) is 23.9 Å². The molecule has 2 atom stereocenters. The third-order valence-corrected chi connectivity index (χ3v) is 17.9. The Balaban J connectivity index is 0.956. The number of phenolic OH excluding ortho intramolecular Hbond substituents is 1. The summed E-state index contributed by atoms with van der Waals surface area (Å²) in [4.78, 5) is 32.1. The summed E-state index contributed by atoms with van der Waals surface area (Å²) >= 11 is 0. The number of H-pyrrole nitrogens is 1. The predicted octanol–water partition coefficient (Wildman–Crippen LogP) is 9.92. The van der Waals surface area contributed by atoms with Crippen molar-refractivity contribution >= 4 is 41.9 Å². The maximum absolute atomic E-state index is 13.1. The fourth-order valence-electron chi connectivity index (χ4n) is 9.09. The molecule has 11 heteroatoms. The van der Waals surface area contributed by atoms with Crippen LogP contribution >= 0.6 is 0 Å². The number of aromatic amines is 1. The van der Waals surface area contributed by atoms with Crippen LogP contribution in [0.15, 0.2) is 108 Å². The van der Waals surface area contributed by atoms with Gasteiger partial charge in [-0.3, -0.25) is 9.69 Å². The van der Waals surface area contributed by atoms with Gasteiger partial charge >= 0.3 is 6.09 Å². The number of aryl methyl sites for hydroxylation is 2. The van der Waals surface area contributed by atoms with E-state index in [0.29, 0.717) is 24.5 Å². The molecule has 4 aromatic carbocycles. The van der Waals surface area contributed by atoms with Gasteiger partial charge in [-0.05, 0) is 127 Å².